The Morgan fingerprint density at radius 1 is 0.868 bits per heavy atom. The fourth-order valence-corrected chi connectivity index (χ4v) is 10.9. The Balaban J connectivity index is 0.857. The van der Waals surface area contributed by atoms with Crippen LogP contribution < -0.4 is 16.3 Å². The number of hydrogen-bond donors (Lipinski definition) is 4. The molecule has 6 aliphatic rings. The average Bonchev–Trinajstić information content (AvgIpc) is 3.50. The number of amides is 2. The van der Waals surface area contributed by atoms with Gasteiger partial charge in [0.15, 0.2) is 6.29 Å². The van der Waals surface area contributed by atoms with E-state index in [0.717, 1.165) is 103 Å². The quantitative estimate of drug-likeness (QED) is 0.153. The van der Waals surface area contributed by atoms with E-state index < -0.39 is 6.29 Å². The molecule has 2 aliphatic heterocycles. The van der Waals surface area contributed by atoms with E-state index in [1.807, 2.05) is 41.0 Å². The number of para-hydroxylation sites is 2. The topological polar surface area (TPSA) is 121 Å². The van der Waals surface area contributed by atoms with Crippen molar-refractivity contribution in [1.82, 2.24) is 25.1 Å². The number of nitrogens with one attached hydrogen (secondary N) is 3. The lowest BCUT2D eigenvalue weighted by Crippen LogP contribution is -2.61. The van der Waals surface area contributed by atoms with E-state index in [2.05, 4.69) is 63.8 Å². The van der Waals surface area contributed by atoms with Crippen molar-refractivity contribution in [3.8, 4) is 0 Å². The van der Waals surface area contributed by atoms with E-state index >= 15 is 0 Å². The predicted molar refractivity (Wildman–Crippen MR) is 203 cm³/mol. The molecule has 4 bridgehead atoms. The number of imidazole rings is 1. The van der Waals surface area contributed by atoms with Crippen molar-refractivity contribution in [2.45, 2.75) is 102 Å². The first kappa shape index (κ1) is 34.8. The van der Waals surface area contributed by atoms with Crippen molar-refractivity contribution >= 4 is 17.1 Å². The zero-order chi connectivity index (χ0) is 36.1. The molecule has 1 aromatic heterocycles. The first-order valence-electron chi connectivity index (χ1n) is 19.9. The number of fused-ring (bicyclic) bond motifs is 1. The maximum Gasteiger partial charge on any atom is 0.326 e. The number of H-pyrrole nitrogens is 1. The van der Waals surface area contributed by atoms with Crippen LogP contribution in [0.2, 0.25) is 0 Å². The molecule has 4 aromatic rings. The summed E-state index contributed by atoms with van der Waals surface area (Å²) in [5.74, 6) is 2.44. The number of ether oxygens (including phenoxy) is 2. The molecular formula is C43H53N5O5. The molecule has 2 saturated heterocycles. The minimum atomic E-state index is -0.553. The van der Waals surface area contributed by atoms with Gasteiger partial charge in [0.25, 0.3) is 0 Å². The molecule has 280 valence electrons. The van der Waals surface area contributed by atoms with Crippen LogP contribution in [-0.4, -0.2) is 56.9 Å². The molecule has 0 radical (unpaired) electrons. The molecule has 53 heavy (non-hydrogen) atoms. The highest BCUT2D eigenvalue weighted by Crippen LogP contribution is 2.55. The van der Waals surface area contributed by atoms with Crippen LogP contribution in [-0.2, 0) is 22.6 Å². The smallest absolute Gasteiger partial charge is 0.326 e. The largest absolute Gasteiger partial charge is 0.392 e. The van der Waals surface area contributed by atoms with Gasteiger partial charge in [0.1, 0.15) is 0 Å². The van der Waals surface area contributed by atoms with Crippen LogP contribution in [0.25, 0.3) is 11.0 Å². The van der Waals surface area contributed by atoms with Crippen molar-refractivity contribution in [3.05, 3.63) is 106 Å². The number of urea groups is 1. The summed E-state index contributed by atoms with van der Waals surface area (Å²) in [6.07, 6.45) is 8.44. The molecule has 4 saturated carbocycles. The van der Waals surface area contributed by atoms with Crippen molar-refractivity contribution in [2.75, 3.05) is 19.6 Å². The number of carbonyl (C=O) groups excluding carboxylic acids is 1. The van der Waals surface area contributed by atoms with Gasteiger partial charge in [-0.2, -0.15) is 0 Å². The van der Waals surface area contributed by atoms with E-state index in [1.54, 1.807) is 0 Å². The number of aromatic amines is 1. The SMILES string of the molecule is CC1C(CN2CCC(n3c(=O)[nH]c4ccccc43)CC2)OC(c2ccc(CNC(=O)NC34CC5CC(CC(C5)C3)C4)cc2)OC1c1ccc(CO)cc1. The van der Waals surface area contributed by atoms with E-state index in [0.29, 0.717) is 6.54 Å². The number of hydrogen-bond acceptors (Lipinski definition) is 6. The van der Waals surface area contributed by atoms with E-state index in [9.17, 15) is 14.7 Å². The number of piperidine rings is 1. The monoisotopic (exact) mass is 719 g/mol. The number of aromatic nitrogens is 2. The van der Waals surface area contributed by atoms with Gasteiger partial charge < -0.3 is 35.1 Å². The molecule has 10 nitrogen and oxygen atoms in total. The lowest BCUT2D eigenvalue weighted by atomic mass is 9.53. The second kappa shape index (κ2) is 14.4. The Morgan fingerprint density at radius 2 is 1.51 bits per heavy atom. The Morgan fingerprint density at radius 3 is 2.19 bits per heavy atom. The highest BCUT2D eigenvalue weighted by Gasteiger charge is 2.51. The molecule has 6 fully saturated rings. The zero-order valence-electron chi connectivity index (χ0n) is 30.7. The number of rotatable bonds is 9. The van der Waals surface area contributed by atoms with Crippen molar-refractivity contribution in [1.29, 1.82) is 0 Å². The molecule has 10 rings (SSSR count). The minimum absolute atomic E-state index is 0.00147. The lowest BCUT2D eigenvalue weighted by molar-refractivity contribution is -0.276. The summed E-state index contributed by atoms with van der Waals surface area (Å²) in [6, 6.07) is 24.3. The van der Waals surface area contributed by atoms with Gasteiger partial charge in [-0.1, -0.05) is 67.6 Å². The van der Waals surface area contributed by atoms with Crippen molar-refractivity contribution in [2.24, 2.45) is 23.7 Å². The normalized spacial score (nSPS) is 31.5. The Hall–Kier alpha value is -3.96. The Kier molecular flexibility index (Phi) is 9.42. The second-order valence-electron chi connectivity index (χ2n) is 16.9. The molecule has 3 aromatic carbocycles. The summed E-state index contributed by atoms with van der Waals surface area (Å²) in [5, 5.41) is 16.2. The highest BCUT2D eigenvalue weighted by molar-refractivity contribution is 5.75. The summed E-state index contributed by atoms with van der Waals surface area (Å²) in [5.41, 5.74) is 5.72. The molecule has 4 aliphatic carbocycles. The summed E-state index contributed by atoms with van der Waals surface area (Å²) >= 11 is 0. The van der Waals surface area contributed by atoms with Crippen LogP contribution in [0.3, 0.4) is 0 Å². The first-order valence-corrected chi connectivity index (χ1v) is 19.9. The number of benzene rings is 3. The third-order valence-corrected chi connectivity index (χ3v) is 13.2. The molecular weight excluding hydrogens is 667 g/mol. The van der Waals surface area contributed by atoms with Gasteiger partial charge >= 0.3 is 11.7 Å². The van der Waals surface area contributed by atoms with Gasteiger partial charge in [-0.3, -0.25) is 4.57 Å². The zero-order valence-corrected chi connectivity index (χ0v) is 30.7. The summed E-state index contributed by atoms with van der Waals surface area (Å²) in [6.45, 7) is 5.19. The van der Waals surface area contributed by atoms with Crippen LogP contribution in [0.4, 0.5) is 4.79 Å². The van der Waals surface area contributed by atoms with Crippen molar-refractivity contribution < 1.29 is 19.4 Å². The summed E-state index contributed by atoms with van der Waals surface area (Å²) in [7, 11) is 0. The number of aliphatic hydroxyl groups is 1. The predicted octanol–water partition coefficient (Wildman–Crippen LogP) is 6.72. The molecule has 4 unspecified atom stereocenters. The molecule has 4 atom stereocenters. The van der Waals surface area contributed by atoms with Gasteiger partial charge in [0, 0.05) is 49.2 Å². The number of nitrogens with zero attached hydrogens (tertiary/aromatic N) is 2. The van der Waals surface area contributed by atoms with Gasteiger partial charge in [-0.25, -0.2) is 9.59 Å². The fourth-order valence-electron chi connectivity index (χ4n) is 10.9. The minimum Gasteiger partial charge on any atom is -0.392 e. The van der Waals surface area contributed by atoms with Gasteiger partial charge in [-0.05, 0) is 97.9 Å². The summed E-state index contributed by atoms with van der Waals surface area (Å²) < 4.78 is 15.5. The van der Waals surface area contributed by atoms with E-state index in [4.69, 9.17) is 9.47 Å². The lowest BCUT2D eigenvalue weighted by Gasteiger charge is -2.56. The average molecular weight is 720 g/mol. The Labute approximate surface area is 311 Å². The van der Waals surface area contributed by atoms with Crippen LogP contribution in [0.1, 0.15) is 99.0 Å². The third kappa shape index (κ3) is 7.07. The number of carbonyl (C=O) groups is 1. The fraction of sp³-hybridized carbons (Fsp3) is 0.535. The molecule has 3 heterocycles. The third-order valence-electron chi connectivity index (χ3n) is 13.2. The van der Waals surface area contributed by atoms with Crippen LogP contribution in [0.15, 0.2) is 77.6 Å². The van der Waals surface area contributed by atoms with Gasteiger partial charge in [-0.15, -0.1) is 0 Å². The molecule has 4 N–H and O–H groups in total. The van der Waals surface area contributed by atoms with Gasteiger partial charge in [0.05, 0.1) is 29.8 Å². The van der Waals surface area contributed by atoms with Crippen LogP contribution >= 0.6 is 0 Å². The number of likely N-dealkylation sites (tertiary alicyclic amines) is 1. The highest BCUT2D eigenvalue weighted by atomic mass is 16.7. The molecule has 0 spiro atoms. The van der Waals surface area contributed by atoms with Crippen molar-refractivity contribution in [3.63, 3.8) is 0 Å². The van der Waals surface area contributed by atoms with E-state index in [-0.39, 0.29) is 48.0 Å². The molecule has 2 amide bonds. The second-order valence-corrected chi connectivity index (χ2v) is 16.9. The summed E-state index contributed by atoms with van der Waals surface area (Å²) in [4.78, 5) is 31.5. The maximum atomic E-state index is 13.1. The first-order chi connectivity index (χ1) is 25.8. The van der Waals surface area contributed by atoms with Crippen LogP contribution in [0, 0.1) is 23.7 Å². The molecule has 10 heteroatoms. The van der Waals surface area contributed by atoms with E-state index in [1.165, 1.54) is 19.3 Å². The number of aliphatic hydroxyl groups excluding tert-OH is 1. The standard InChI is InChI=1S/C43H53N5O5/c1-27-38(25-47-16-14-35(15-17-47)48-37-5-3-2-4-36(37)45-42(48)51)52-40(53-39(27)33-10-8-29(26-49)9-11-33)34-12-6-28(7-13-34)24-44-41(50)46-43-21-30-18-31(22-43)20-32(19-30)23-43/h2-13,27,30-32,35,38-40,49H,14-26H2,1H3,(H,45,51)(H2,44,46,50). The Bertz CT molecular complexity index is 1930. The maximum absolute atomic E-state index is 13.1. The van der Waals surface area contributed by atoms with Gasteiger partial charge in [0.2, 0.25) is 0 Å². The van der Waals surface area contributed by atoms with Crippen LogP contribution in [0.5, 0.6) is 0 Å².